The van der Waals surface area contributed by atoms with Crippen molar-refractivity contribution in [1.29, 1.82) is 5.26 Å². The zero-order chi connectivity index (χ0) is 27.1. The first-order valence-corrected chi connectivity index (χ1v) is 14.1. The topological polar surface area (TPSA) is 129 Å². The van der Waals surface area contributed by atoms with Gasteiger partial charge in [0.25, 0.3) is 0 Å². The minimum Gasteiger partial charge on any atom is -0.374 e. The van der Waals surface area contributed by atoms with E-state index in [1.807, 2.05) is 37.2 Å². The number of anilines is 2. The second-order valence-corrected chi connectivity index (χ2v) is 11.9. The third kappa shape index (κ3) is 4.60. The van der Waals surface area contributed by atoms with Crippen LogP contribution < -0.4 is 9.62 Å². The second kappa shape index (κ2) is 9.94. The number of sulfonamides is 1. The molecule has 1 fully saturated rings. The summed E-state index contributed by atoms with van der Waals surface area (Å²) in [4.78, 5) is 26.0. The molecule has 1 N–H and O–H groups in total. The fourth-order valence-corrected chi connectivity index (χ4v) is 5.96. The number of nitrogens with zero attached hydrogens (tertiary/aromatic N) is 5. The van der Waals surface area contributed by atoms with Crippen molar-refractivity contribution < 1.29 is 17.9 Å². The number of nitriles is 1. The Bertz CT molecular complexity index is 1560. The maximum Gasteiger partial charge on any atom is 0.246 e. The van der Waals surface area contributed by atoms with E-state index in [9.17, 15) is 13.2 Å². The van der Waals surface area contributed by atoms with Crippen molar-refractivity contribution in [3.63, 3.8) is 0 Å². The van der Waals surface area contributed by atoms with E-state index in [2.05, 4.69) is 14.7 Å². The Hall–Kier alpha value is -3.59. The molecule has 1 aliphatic carbocycles. The third-order valence-corrected chi connectivity index (χ3v) is 8.39. The Kier molecular flexibility index (Phi) is 6.81. The van der Waals surface area contributed by atoms with E-state index < -0.39 is 21.2 Å². The number of carbonyl (C=O) groups excluding carboxylic acids is 1. The van der Waals surface area contributed by atoms with Gasteiger partial charge in [-0.25, -0.2) is 8.42 Å². The predicted octanol–water partition coefficient (Wildman–Crippen LogP) is 3.04. The number of amides is 1. The summed E-state index contributed by atoms with van der Waals surface area (Å²) in [6, 6.07) is 9.22. The molecule has 1 saturated carbocycles. The molecule has 0 unspecified atom stereocenters. The van der Waals surface area contributed by atoms with Crippen LogP contribution in [0.1, 0.15) is 30.5 Å². The van der Waals surface area contributed by atoms with Crippen LogP contribution in [0.15, 0.2) is 36.7 Å². The van der Waals surface area contributed by atoms with Crippen molar-refractivity contribution in [3.8, 4) is 17.2 Å². The van der Waals surface area contributed by atoms with Gasteiger partial charge in [-0.3, -0.25) is 19.5 Å². The molecule has 1 aromatic carbocycles. The molecule has 1 amide bonds. The number of likely N-dealkylation sites (N-methyl/N-ethyl adjacent to an activating group) is 2. The Morgan fingerprint density at radius 3 is 2.66 bits per heavy atom. The fourth-order valence-electron chi connectivity index (χ4n) is 5.21. The standard InChI is InChI=1S/C27H30N6O4S/c1-32(2)10-11-37-17-23-22(31-38(35,36)12-9-28)14-19(15-29-23)18-5-6-21-20(13-18)25-24(16-30-21)33(3)26(34)27(25)7-4-8-27/h5-6,13-16,31H,4,7-8,10-12,17H2,1-3H3. The van der Waals surface area contributed by atoms with Crippen LogP contribution in [0.2, 0.25) is 0 Å². The zero-order valence-electron chi connectivity index (χ0n) is 21.7. The first kappa shape index (κ1) is 26.0. The van der Waals surface area contributed by atoms with Gasteiger partial charge < -0.3 is 14.5 Å². The number of fused-ring (bicyclic) bond motifs is 4. The van der Waals surface area contributed by atoms with Crippen LogP contribution in [0, 0.1) is 11.3 Å². The van der Waals surface area contributed by atoms with Gasteiger partial charge in [0.2, 0.25) is 15.9 Å². The molecule has 1 spiro atoms. The molecular weight excluding hydrogens is 504 g/mol. The summed E-state index contributed by atoms with van der Waals surface area (Å²) in [7, 11) is 1.79. The molecule has 3 aromatic rings. The first-order valence-electron chi connectivity index (χ1n) is 12.5. The van der Waals surface area contributed by atoms with E-state index in [1.165, 1.54) is 0 Å². The number of carbonyl (C=O) groups is 1. The lowest BCUT2D eigenvalue weighted by atomic mass is 9.64. The van der Waals surface area contributed by atoms with E-state index in [4.69, 9.17) is 10.00 Å². The number of pyridine rings is 2. The number of aromatic nitrogens is 2. The van der Waals surface area contributed by atoms with Gasteiger partial charge in [-0.15, -0.1) is 0 Å². The van der Waals surface area contributed by atoms with Crippen LogP contribution >= 0.6 is 0 Å². The van der Waals surface area contributed by atoms with E-state index in [0.717, 1.165) is 47.0 Å². The molecule has 0 bridgehead atoms. The van der Waals surface area contributed by atoms with Gasteiger partial charge in [0.1, 0.15) is 0 Å². The summed E-state index contributed by atoms with van der Waals surface area (Å²) < 4.78 is 33.1. The Labute approximate surface area is 222 Å². The van der Waals surface area contributed by atoms with Crippen molar-refractivity contribution in [1.82, 2.24) is 14.9 Å². The molecule has 0 saturated heterocycles. The number of rotatable bonds is 9. The van der Waals surface area contributed by atoms with Crippen LogP contribution in [0.25, 0.3) is 22.0 Å². The first-order chi connectivity index (χ1) is 18.1. The highest BCUT2D eigenvalue weighted by Gasteiger charge is 2.54. The molecule has 38 heavy (non-hydrogen) atoms. The SMILES string of the molecule is CN(C)CCOCc1ncc(-c2ccc3ncc4c(c3c2)C2(CCC2)C(=O)N4C)cc1NS(=O)(=O)CC#N. The number of benzene rings is 1. The van der Waals surface area contributed by atoms with Gasteiger partial charge in [0, 0.05) is 36.3 Å². The van der Waals surface area contributed by atoms with Crippen LogP contribution in [0.4, 0.5) is 11.4 Å². The molecule has 5 rings (SSSR count). The lowest BCUT2D eigenvalue weighted by molar-refractivity contribution is -0.125. The Balaban J connectivity index is 1.55. The monoisotopic (exact) mass is 534 g/mol. The number of nitrogens with one attached hydrogen (secondary N) is 1. The zero-order valence-corrected chi connectivity index (χ0v) is 22.5. The molecule has 3 heterocycles. The van der Waals surface area contributed by atoms with Crippen molar-refractivity contribution in [2.45, 2.75) is 31.3 Å². The molecule has 10 nitrogen and oxygen atoms in total. The van der Waals surface area contributed by atoms with E-state index in [1.54, 1.807) is 36.5 Å². The lowest BCUT2D eigenvalue weighted by Gasteiger charge is -2.37. The van der Waals surface area contributed by atoms with Crippen molar-refractivity contribution >= 4 is 38.2 Å². The second-order valence-electron chi connectivity index (χ2n) is 10.1. The largest absolute Gasteiger partial charge is 0.374 e. The average molecular weight is 535 g/mol. The highest BCUT2D eigenvalue weighted by Crippen LogP contribution is 2.55. The normalized spacial score (nSPS) is 16.1. The minimum absolute atomic E-state index is 0.116. The van der Waals surface area contributed by atoms with E-state index >= 15 is 0 Å². The number of ether oxygens (including phenoxy) is 1. The maximum atomic E-state index is 13.2. The molecule has 198 valence electrons. The Morgan fingerprint density at radius 1 is 1.18 bits per heavy atom. The molecule has 11 heteroatoms. The van der Waals surface area contributed by atoms with Gasteiger partial charge in [0.15, 0.2) is 5.75 Å². The van der Waals surface area contributed by atoms with Crippen LogP contribution in [0.3, 0.4) is 0 Å². The molecule has 2 aromatic heterocycles. The summed E-state index contributed by atoms with van der Waals surface area (Å²) in [5.74, 6) is -0.553. The number of hydrogen-bond donors (Lipinski definition) is 1. The van der Waals surface area contributed by atoms with Crippen molar-refractivity contribution in [2.24, 2.45) is 0 Å². The van der Waals surface area contributed by atoms with E-state index in [0.29, 0.717) is 24.4 Å². The summed E-state index contributed by atoms with van der Waals surface area (Å²) in [5, 5.41) is 9.86. The van der Waals surface area contributed by atoms with Crippen molar-refractivity contribution in [3.05, 3.63) is 47.9 Å². The third-order valence-electron chi connectivity index (χ3n) is 7.35. The van der Waals surface area contributed by atoms with Gasteiger partial charge in [-0.05, 0) is 50.7 Å². The molecule has 2 aliphatic rings. The summed E-state index contributed by atoms with van der Waals surface area (Å²) in [5.41, 5.74) is 4.38. The van der Waals surface area contributed by atoms with Gasteiger partial charge in [-0.2, -0.15) is 5.26 Å². The fraction of sp³-hybridized carbons (Fsp3) is 0.407. The summed E-state index contributed by atoms with van der Waals surface area (Å²) in [6.07, 6.45) is 6.11. The number of hydrogen-bond acceptors (Lipinski definition) is 8. The molecule has 1 aliphatic heterocycles. The maximum absolute atomic E-state index is 13.2. The van der Waals surface area contributed by atoms with Crippen LogP contribution in [-0.2, 0) is 31.6 Å². The molecule has 0 radical (unpaired) electrons. The van der Waals surface area contributed by atoms with E-state index in [-0.39, 0.29) is 18.2 Å². The summed E-state index contributed by atoms with van der Waals surface area (Å²) >= 11 is 0. The lowest BCUT2D eigenvalue weighted by Crippen LogP contribution is -2.43. The minimum atomic E-state index is -3.88. The molecular formula is C27H30N6O4S. The van der Waals surface area contributed by atoms with Gasteiger partial charge in [-0.1, -0.05) is 12.5 Å². The highest BCUT2D eigenvalue weighted by atomic mass is 32.2. The van der Waals surface area contributed by atoms with Crippen LogP contribution in [0.5, 0.6) is 0 Å². The quantitative estimate of drug-likeness (QED) is 0.415. The van der Waals surface area contributed by atoms with Gasteiger partial charge >= 0.3 is 0 Å². The van der Waals surface area contributed by atoms with Crippen molar-refractivity contribution in [2.75, 3.05) is 49.7 Å². The Morgan fingerprint density at radius 2 is 1.97 bits per heavy atom. The predicted molar refractivity (Wildman–Crippen MR) is 145 cm³/mol. The summed E-state index contributed by atoms with van der Waals surface area (Å²) in [6.45, 7) is 1.28. The van der Waals surface area contributed by atoms with Gasteiger partial charge in [0.05, 0.1) is 53.5 Å². The molecule has 0 atom stereocenters. The highest BCUT2D eigenvalue weighted by molar-refractivity contribution is 7.92. The average Bonchev–Trinajstić information content (AvgIpc) is 3.09. The smallest absolute Gasteiger partial charge is 0.246 e. The van der Waals surface area contributed by atoms with Crippen LogP contribution in [-0.4, -0.2) is 69.2 Å².